The standard InChI is InChI=1S/C9H16Cl2N2O3S/c1-8(6-9(8,10)11)7(14)13(2)5-4-12-17(3,15)16/h12H,4-6H2,1-3H3/t8-/m1/s1. The number of alkyl halides is 2. The third-order valence-electron chi connectivity index (χ3n) is 2.89. The van der Waals surface area contributed by atoms with Crippen LogP contribution in [0, 0.1) is 5.41 Å². The summed E-state index contributed by atoms with van der Waals surface area (Å²) >= 11 is 11.8. The van der Waals surface area contributed by atoms with E-state index >= 15 is 0 Å². The molecule has 1 aliphatic rings. The summed E-state index contributed by atoms with van der Waals surface area (Å²) in [6, 6.07) is 0. The number of hydrogen-bond donors (Lipinski definition) is 1. The molecule has 0 radical (unpaired) electrons. The maximum atomic E-state index is 12.0. The van der Waals surface area contributed by atoms with Gasteiger partial charge in [-0.15, -0.1) is 23.2 Å². The number of nitrogens with one attached hydrogen (secondary N) is 1. The number of halogens is 2. The van der Waals surface area contributed by atoms with Gasteiger partial charge >= 0.3 is 0 Å². The van der Waals surface area contributed by atoms with Crippen LogP contribution >= 0.6 is 23.2 Å². The topological polar surface area (TPSA) is 66.5 Å². The third-order valence-corrected chi connectivity index (χ3v) is 4.72. The fraction of sp³-hybridized carbons (Fsp3) is 0.889. The van der Waals surface area contributed by atoms with Crippen molar-refractivity contribution in [3.63, 3.8) is 0 Å². The smallest absolute Gasteiger partial charge is 0.231 e. The van der Waals surface area contributed by atoms with Gasteiger partial charge in [-0.25, -0.2) is 13.1 Å². The largest absolute Gasteiger partial charge is 0.344 e. The third kappa shape index (κ3) is 3.47. The molecule has 1 rings (SSSR count). The van der Waals surface area contributed by atoms with Crippen LogP contribution in [-0.4, -0.2) is 50.0 Å². The van der Waals surface area contributed by atoms with Gasteiger partial charge in [-0.3, -0.25) is 4.79 Å². The number of nitrogens with zero attached hydrogens (tertiary/aromatic N) is 1. The quantitative estimate of drug-likeness (QED) is 0.756. The molecule has 0 spiro atoms. The van der Waals surface area contributed by atoms with Gasteiger partial charge in [0.1, 0.15) is 4.33 Å². The van der Waals surface area contributed by atoms with Crippen molar-refractivity contribution in [3.05, 3.63) is 0 Å². The second-order valence-corrected chi connectivity index (χ2v) is 7.92. The predicted octanol–water partition coefficient (Wildman–Crippen LogP) is 0.578. The first-order valence-corrected chi connectivity index (χ1v) is 7.72. The summed E-state index contributed by atoms with van der Waals surface area (Å²) in [5.41, 5.74) is -0.754. The summed E-state index contributed by atoms with van der Waals surface area (Å²) < 4.78 is 23.0. The molecular formula is C9H16Cl2N2O3S. The molecule has 1 amide bonds. The molecule has 0 aromatic carbocycles. The highest BCUT2D eigenvalue weighted by Gasteiger charge is 2.68. The SMILES string of the molecule is CN(CCNS(C)(=O)=O)C(=O)[C@@]1(C)CC1(Cl)Cl. The van der Waals surface area contributed by atoms with E-state index in [1.807, 2.05) is 0 Å². The Labute approximate surface area is 111 Å². The van der Waals surface area contributed by atoms with E-state index in [0.29, 0.717) is 6.42 Å². The molecule has 1 atom stereocenters. The molecule has 1 fully saturated rings. The van der Waals surface area contributed by atoms with Crippen LogP contribution in [0.15, 0.2) is 0 Å². The number of hydrogen-bond acceptors (Lipinski definition) is 3. The van der Waals surface area contributed by atoms with Gasteiger partial charge in [-0.1, -0.05) is 0 Å². The normalized spacial score (nSPS) is 26.6. The molecule has 1 N–H and O–H groups in total. The number of carbonyl (C=O) groups is 1. The minimum Gasteiger partial charge on any atom is -0.344 e. The first-order chi connectivity index (χ1) is 7.50. The fourth-order valence-electron chi connectivity index (χ4n) is 1.55. The molecule has 8 heteroatoms. The van der Waals surface area contributed by atoms with Gasteiger partial charge in [0.05, 0.1) is 11.7 Å². The van der Waals surface area contributed by atoms with E-state index in [9.17, 15) is 13.2 Å². The Bertz CT molecular complexity index is 424. The zero-order valence-corrected chi connectivity index (χ0v) is 12.3. The number of sulfonamides is 1. The Kier molecular flexibility index (Phi) is 4.04. The molecule has 0 unspecified atom stereocenters. The molecular weight excluding hydrogens is 287 g/mol. The number of carbonyl (C=O) groups excluding carboxylic acids is 1. The second kappa shape index (κ2) is 4.57. The summed E-state index contributed by atoms with van der Waals surface area (Å²) in [6.45, 7) is 2.16. The minimum absolute atomic E-state index is 0.169. The molecule has 1 saturated carbocycles. The predicted molar refractivity (Wildman–Crippen MR) is 67.6 cm³/mol. The summed E-state index contributed by atoms with van der Waals surface area (Å²) in [7, 11) is -1.63. The number of rotatable bonds is 5. The molecule has 0 heterocycles. The van der Waals surface area contributed by atoms with Crippen LogP contribution in [0.4, 0.5) is 0 Å². The van der Waals surface area contributed by atoms with Crippen molar-refractivity contribution in [2.24, 2.45) is 5.41 Å². The monoisotopic (exact) mass is 302 g/mol. The summed E-state index contributed by atoms with van der Waals surface area (Å²) in [6.07, 6.45) is 1.49. The Morgan fingerprint density at radius 1 is 1.47 bits per heavy atom. The van der Waals surface area contributed by atoms with Gasteiger partial charge in [0, 0.05) is 20.1 Å². The van der Waals surface area contributed by atoms with Crippen molar-refractivity contribution in [1.82, 2.24) is 9.62 Å². The van der Waals surface area contributed by atoms with Crippen LogP contribution < -0.4 is 4.72 Å². The highest BCUT2D eigenvalue weighted by Crippen LogP contribution is 2.64. The lowest BCUT2D eigenvalue weighted by Gasteiger charge is -2.22. The van der Waals surface area contributed by atoms with Crippen LogP contribution in [0.25, 0.3) is 0 Å². The first-order valence-electron chi connectivity index (χ1n) is 5.08. The summed E-state index contributed by atoms with van der Waals surface area (Å²) in [5.74, 6) is -0.169. The summed E-state index contributed by atoms with van der Waals surface area (Å²) in [4.78, 5) is 13.4. The number of likely N-dealkylation sites (N-methyl/N-ethyl adjacent to an activating group) is 1. The lowest BCUT2D eigenvalue weighted by atomic mass is 10.1. The minimum atomic E-state index is -3.23. The van der Waals surface area contributed by atoms with E-state index < -0.39 is 19.8 Å². The van der Waals surface area contributed by atoms with E-state index in [1.54, 1.807) is 14.0 Å². The molecule has 0 aromatic heterocycles. The first kappa shape index (κ1) is 15.0. The van der Waals surface area contributed by atoms with Gasteiger partial charge in [-0.2, -0.15) is 0 Å². The lowest BCUT2D eigenvalue weighted by molar-refractivity contribution is -0.135. The van der Waals surface area contributed by atoms with Crippen LogP contribution in [0.2, 0.25) is 0 Å². The Morgan fingerprint density at radius 2 is 1.94 bits per heavy atom. The molecule has 1 aliphatic carbocycles. The zero-order valence-electron chi connectivity index (χ0n) is 9.96. The van der Waals surface area contributed by atoms with Gasteiger partial charge in [0.15, 0.2) is 0 Å². The molecule has 0 aliphatic heterocycles. The average molecular weight is 303 g/mol. The van der Waals surface area contributed by atoms with E-state index in [1.165, 1.54) is 4.90 Å². The molecule has 0 bridgehead atoms. The van der Waals surface area contributed by atoms with E-state index in [0.717, 1.165) is 6.26 Å². The van der Waals surface area contributed by atoms with Gasteiger partial charge in [0.25, 0.3) is 0 Å². The molecule has 0 aromatic rings. The van der Waals surface area contributed by atoms with Gasteiger partial charge in [0.2, 0.25) is 15.9 Å². The van der Waals surface area contributed by atoms with Crippen molar-refractivity contribution in [3.8, 4) is 0 Å². The van der Waals surface area contributed by atoms with Crippen LogP contribution in [0.3, 0.4) is 0 Å². The van der Waals surface area contributed by atoms with Crippen molar-refractivity contribution >= 4 is 39.1 Å². The van der Waals surface area contributed by atoms with E-state index in [-0.39, 0.29) is 19.0 Å². The highest BCUT2D eigenvalue weighted by molar-refractivity contribution is 7.88. The average Bonchev–Trinajstić information content (AvgIpc) is 2.63. The van der Waals surface area contributed by atoms with Crippen molar-refractivity contribution in [2.75, 3.05) is 26.4 Å². The highest BCUT2D eigenvalue weighted by atomic mass is 35.5. The summed E-state index contributed by atoms with van der Waals surface area (Å²) in [5, 5.41) is 0. The second-order valence-electron chi connectivity index (χ2n) is 4.61. The molecule has 100 valence electrons. The fourth-order valence-corrected chi connectivity index (χ4v) is 2.71. The van der Waals surface area contributed by atoms with E-state index in [2.05, 4.69) is 4.72 Å². The maximum absolute atomic E-state index is 12.0. The molecule has 5 nitrogen and oxygen atoms in total. The Morgan fingerprint density at radius 3 is 2.29 bits per heavy atom. The molecule has 0 saturated heterocycles. The Hall–Kier alpha value is -0.0400. The van der Waals surface area contributed by atoms with Crippen molar-refractivity contribution in [1.29, 1.82) is 0 Å². The van der Waals surface area contributed by atoms with Crippen molar-refractivity contribution < 1.29 is 13.2 Å². The van der Waals surface area contributed by atoms with Gasteiger partial charge < -0.3 is 4.90 Å². The van der Waals surface area contributed by atoms with E-state index in [4.69, 9.17) is 23.2 Å². The Balaban J connectivity index is 2.45. The zero-order chi connectivity index (χ0) is 13.5. The molecule has 17 heavy (non-hydrogen) atoms. The van der Waals surface area contributed by atoms with Crippen LogP contribution in [-0.2, 0) is 14.8 Å². The van der Waals surface area contributed by atoms with Gasteiger partial charge in [-0.05, 0) is 13.3 Å². The van der Waals surface area contributed by atoms with Crippen LogP contribution in [0.5, 0.6) is 0 Å². The van der Waals surface area contributed by atoms with Crippen molar-refractivity contribution in [2.45, 2.75) is 17.7 Å². The maximum Gasteiger partial charge on any atom is 0.231 e. The lowest BCUT2D eigenvalue weighted by Crippen LogP contribution is -2.40. The number of amides is 1. The van der Waals surface area contributed by atoms with Crippen LogP contribution in [0.1, 0.15) is 13.3 Å².